The van der Waals surface area contributed by atoms with E-state index in [1.165, 1.54) is 16.4 Å². The van der Waals surface area contributed by atoms with Gasteiger partial charge in [0.15, 0.2) is 5.78 Å². The number of benzene rings is 1. The van der Waals surface area contributed by atoms with E-state index in [1.807, 2.05) is 19.1 Å². The number of aromatic nitrogens is 4. The van der Waals surface area contributed by atoms with Crippen LogP contribution in [0.2, 0.25) is 0 Å². The first-order chi connectivity index (χ1) is 13.6. The molecule has 0 spiro atoms. The van der Waals surface area contributed by atoms with Gasteiger partial charge in [0.1, 0.15) is 5.75 Å². The van der Waals surface area contributed by atoms with E-state index in [9.17, 15) is 4.79 Å². The number of methoxy groups -OCH3 is 1. The molecule has 0 atom stereocenters. The van der Waals surface area contributed by atoms with Gasteiger partial charge in [0.05, 0.1) is 18.6 Å². The zero-order valence-corrected chi connectivity index (χ0v) is 16.2. The van der Waals surface area contributed by atoms with Crippen molar-refractivity contribution >= 4 is 29.2 Å². The van der Waals surface area contributed by atoms with Gasteiger partial charge in [-0.3, -0.25) is 9.78 Å². The lowest BCUT2D eigenvalue weighted by molar-refractivity contribution is 0.102. The maximum absolute atomic E-state index is 12.3. The highest BCUT2D eigenvalue weighted by atomic mass is 32.2. The quantitative estimate of drug-likeness (QED) is 0.195. The number of nitrogen functional groups attached to an aromatic ring is 1. The van der Waals surface area contributed by atoms with Crippen LogP contribution in [0.15, 0.2) is 59.0 Å². The van der Waals surface area contributed by atoms with E-state index in [4.69, 9.17) is 10.6 Å². The molecule has 2 aromatic heterocycles. The van der Waals surface area contributed by atoms with E-state index >= 15 is 0 Å². The van der Waals surface area contributed by atoms with Crippen LogP contribution in [0.4, 0.5) is 5.95 Å². The molecule has 1 aromatic carbocycles. The molecule has 0 aliphatic carbocycles. The monoisotopic (exact) mass is 397 g/mol. The third-order valence-corrected chi connectivity index (χ3v) is 4.77. The van der Waals surface area contributed by atoms with Gasteiger partial charge in [-0.05, 0) is 43.3 Å². The Morgan fingerprint density at radius 1 is 1.18 bits per heavy atom. The number of hydrogen-bond donors (Lipinski definition) is 2. The number of anilines is 1. The summed E-state index contributed by atoms with van der Waals surface area (Å²) in [7, 11) is 1.58. The van der Waals surface area contributed by atoms with Crippen LogP contribution < -0.4 is 16.0 Å². The molecule has 28 heavy (non-hydrogen) atoms. The minimum absolute atomic E-state index is 0.0447. The number of rotatable bonds is 8. The number of nitrogens with one attached hydrogen (secondary N) is 1. The first-order valence-corrected chi connectivity index (χ1v) is 9.28. The Morgan fingerprint density at radius 2 is 1.89 bits per heavy atom. The van der Waals surface area contributed by atoms with Gasteiger partial charge in [0, 0.05) is 23.5 Å². The summed E-state index contributed by atoms with van der Waals surface area (Å²) < 4.78 is 6.35. The lowest BCUT2D eigenvalue weighted by atomic mass is 10.1. The van der Waals surface area contributed by atoms with Crippen molar-refractivity contribution in [3.8, 4) is 5.75 Å². The Bertz CT molecular complexity index is 971. The molecule has 2 heterocycles. The summed E-state index contributed by atoms with van der Waals surface area (Å²) >= 11 is 1.20. The topological polar surface area (TPSA) is 120 Å². The van der Waals surface area contributed by atoms with Gasteiger partial charge in [-0.25, -0.2) is 10.1 Å². The van der Waals surface area contributed by atoms with E-state index in [2.05, 4.69) is 25.7 Å². The van der Waals surface area contributed by atoms with Crippen LogP contribution in [-0.2, 0) is 0 Å². The molecule has 10 heteroatoms. The normalized spacial score (nSPS) is 11.3. The van der Waals surface area contributed by atoms with Crippen molar-refractivity contribution < 1.29 is 9.53 Å². The van der Waals surface area contributed by atoms with Crippen molar-refractivity contribution in [1.29, 1.82) is 0 Å². The summed E-state index contributed by atoms with van der Waals surface area (Å²) in [5.41, 5.74) is 5.04. The first kappa shape index (κ1) is 19.4. The number of ether oxygens (including phenoxy) is 1. The van der Waals surface area contributed by atoms with Crippen LogP contribution >= 0.6 is 11.8 Å². The minimum atomic E-state index is -0.0447. The van der Waals surface area contributed by atoms with Gasteiger partial charge in [0.2, 0.25) is 5.16 Å². The molecule has 0 aliphatic rings. The van der Waals surface area contributed by atoms with E-state index < -0.39 is 0 Å². The van der Waals surface area contributed by atoms with Crippen LogP contribution in [0.3, 0.4) is 0 Å². The molecule has 3 N–H and O–H groups in total. The SMILES string of the molecule is COc1ccc(C(=O)CSc2nnc(N/N=C(\C)c3ccncc3)n2N)cc1. The lowest BCUT2D eigenvalue weighted by Gasteiger charge is -2.05. The Balaban J connectivity index is 1.60. The molecule has 0 fully saturated rings. The minimum Gasteiger partial charge on any atom is -0.497 e. The molecule has 144 valence electrons. The third-order valence-electron chi connectivity index (χ3n) is 3.83. The molecule has 3 aromatic rings. The summed E-state index contributed by atoms with van der Waals surface area (Å²) in [6.07, 6.45) is 3.38. The fraction of sp³-hybridized carbons (Fsp3) is 0.167. The highest BCUT2D eigenvalue weighted by Crippen LogP contribution is 2.19. The van der Waals surface area contributed by atoms with Gasteiger partial charge in [-0.1, -0.05) is 11.8 Å². The third kappa shape index (κ3) is 4.65. The number of ketones is 1. The zero-order valence-electron chi connectivity index (χ0n) is 15.4. The van der Waals surface area contributed by atoms with E-state index in [1.54, 1.807) is 43.8 Å². The van der Waals surface area contributed by atoms with Gasteiger partial charge >= 0.3 is 0 Å². The standard InChI is InChI=1S/C18H19N7O2S/c1-12(13-7-9-20-10-8-13)21-22-17-23-24-18(25(17)19)28-11-16(26)14-3-5-15(27-2)6-4-14/h3-10H,11,19H2,1-2H3,(H,22,23)/b21-12+. The van der Waals surface area contributed by atoms with E-state index in [0.717, 1.165) is 11.3 Å². The molecule has 9 nitrogen and oxygen atoms in total. The molecule has 0 amide bonds. The smallest absolute Gasteiger partial charge is 0.264 e. The number of hydrogen-bond acceptors (Lipinski definition) is 9. The van der Waals surface area contributed by atoms with E-state index in [0.29, 0.717) is 16.5 Å². The highest BCUT2D eigenvalue weighted by Gasteiger charge is 2.13. The predicted octanol–water partition coefficient (Wildman–Crippen LogP) is 2.21. The maximum Gasteiger partial charge on any atom is 0.264 e. The second kappa shape index (κ2) is 9.00. The first-order valence-electron chi connectivity index (χ1n) is 8.29. The average molecular weight is 397 g/mol. The Hall–Kier alpha value is -3.40. The molecular weight excluding hydrogens is 378 g/mol. The second-order valence-corrected chi connectivity index (χ2v) is 6.60. The molecule has 0 unspecified atom stereocenters. The Labute approximate surface area is 166 Å². The van der Waals surface area contributed by atoms with Gasteiger partial charge in [-0.2, -0.15) is 5.10 Å². The largest absolute Gasteiger partial charge is 0.497 e. The van der Waals surface area contributed by atoms with Crippen molar-refractivity contribution in [2.75, 3.05) is 24.1 Å². The number of carbonyl (C=O) groups excluding carboxylic acids is 1. The van der Waals surface area contributed by atoms with Crippen LogP contribution in [-0.4, -0.2) is 44.2 Å². The van der Waals surface area contributed by atoms with Crippen LogP contribution in [0.25, 0.3) is 0 Å². The van der Waals surface area contributed by atoms with Crippen molar-refractivity contribution in [2.45, 2.75) is 12.1 Å². The number of nitrogens with two attached hydrogens (primary N) is 1. The van der Waals surface area contributed by atoms with Crippen LogP contribution in [0, 0.1) is 0 Å². The molecule has 0 aliphatic heterocycles. The number of carbonyl (C=O) groups is 1. The zero-order chi connectivity index (χ0) is 19.9. The maximum atomic E-state index is 12.3. The van der Waals surface area contributed by atoms with Crippen LogP contribution in [0.5, 0.6) is 5.75 Å². The predicted molar refractivity (Wildman–Crippen MR) is 108 cm³/mol. The van der Waals surface area contributed by atoms with Gasteiger partial charge < -0.3 is 10.6 Å². The van der Waals surface area contributed by atoms with Gasteiger partial charge in [-0.15, -0.1) is 10.2 Å². The number of nitrogens with zero attached hydrogens (tertiary/aromatic N) is 5. The van der Waals surface area contributed by atoms with Gasteiger partial charge in [0.25, 0.3) is 5.95 Å². The summed E-state index contributed by atoms with van der Waals surface area (Å²) in [6, 6.07) is 10.6. The van der Waals surface area contributed by atoms with Crippen molar-refractivity contribution in [2.24, 2.45) is 5.10 Å². The second-order valence-electron chi connectivity index (χ2n) is 5.66. The van der Waals surface area contributed by atoms with Crippen molar-refractivity contribution in [1.82, 2.24) is 19.9 Å². The van der Waals surface area contributed by atoms with Crippen molar-refractivity contribution in [3.63, 3.8) is 0 Å². The molecule has 0 saturated carbocycles. The molecule has 0 radical (unpaired) electrons. The highest BCUT2D eigenvalue weighted by molar-refractivity contribution is 7.99. The van der Waals surface area contributed by atoms with Crippen LogP contribution in [0.1, 0.15) is 22.8 Å². The summed E-state index contributed by atoms with van der Waals surface area (Å²) in [5, 5.41) is 12.6. The molecule has 0 bridgehead atoms. The Kier molecular flexibility index (Phi) is 6.22. The molecular formula is C18H19N7O2S. The lowest BCUT2D eigenvalue weighted by Crippen LogP contribution is -2.14. The number of thioether (sulfide) groups is 1. The molecule has 0 saturated heterocycles. The fourth-order valence-corrected chi connectivity index (χ4v) is 2.98. The summed E-state index contributed by atoms with van der Waals surface area (Å²) in [5.74, 6) is 7.10. The Morgan fingerprint density at radius 3 is 2.57 bits per heavy atom. The number of hydrazone groups is 1. The number of Topliss-reactive ketones (excluding diaryl/α,β-unsaturated/α-hetero) is 1. The fourth-order valence-electron chi connectivity index (χ4n) is 2.23. The average Bonchev–Trinajstić information content (AvgIpc) is 3.10. The van der Waals surface area contributed by atoms with Crippen molar-refractivity contribution in [3.05, 3.63) is 59.9 Å². The summed E-state index contributed by atoms with van der Waals surface area (Å²) in [6.45, 7) is 1.85. The molecule has 3 rings (SSSR count). The summed E-state index contributed by atoms with van der Waals surface area (Å²) in [4.78, 5) is 16.3. The number of pyridine rings is 1. The van der Waals surface area contributed by atoms with E-state index in [-0.39, 0.29) is 17.5 Å².